The van der Waals surface area contributed by atoms with Gasteiger partial charge in [-0.15, -0.1) is 0 Å². The summed E-state index contributed by atoms with van der Waals surface area (Å²) in [5.74, 6) is 0.840. The van der Waals surface area contributed by atoms with Crippen LogP contribution in [0.15, 0.2) is 16.7 Å². The molecule has 0 unspecified atom stereocenters. The van der Waals surface area contributed by atoms with E-state index in [1.54, 1.807) is 6.20 Å². The van der Waals surface area contributed by atoms with E-state index < -0.39 is 0 Å². The van der Waals surface area contributed by atoms with E-state index >= 15 is 0 Å². The van der Waals surface area contributed by atoms with Gasteiger partial charge in [0.25, 0.3) is 0 Å². The van der Waals surface area contributed by atoms with Gasteiger partial charge in [-0.1, -0.05) is 11.6 Å². The van der Waals surface area contributed by atoms with Crippen LogP contribution < -0.4 is 4.90 Å². The minimum absolute atomic E-state index is 0.213. The predicted molar refractivity (Wildman–Crippen MR) is 69.2 cm³/mol. The zero-order valence-corrected chi connectivity index (χ0v) is 11.6. The van der Waals surface area contributed by atoms with Crippen molar-refractivity contribution >= 4 is 33.3 Å². The monoisotopic (exact) mass is 304 g/mol. The van der Waals surface area contributed by atoms with E-state index in [0.717, 1.165) is 23.4 Å². The number of nitrogens with zero attached hydrogens (tertiary/aromatic N) is 2. The van der Waals surface area contributed by atoms with Gasteiger partial charge in [0.05, 0.1) is 17.2 Å². The third-order valence-electron chi connectivity index (χ3n) is 2.51. The number of pyridine rings is 1. The zero-order valence-electron chi connectivity index (χ0n) is 9.28. The van der Waals surface area contributed by atoms with Crippen molar-refractivity contribution < 1.29 is 4.74 Å². The summed E-state index contributed by atoms with van der Waals surface area (Å²) < 4.78 is 6.58. The van der Waals surface area contributed by atoms with Gasteiger partial charge >= 0.3 is 0 Å². The summed E-state index contributed by atoms with van der Waals surface area (Å²) in [6, 6.07) is 1.87. The van der Waals surface area contributed by atoms with Gasteiger partial charge in [0.15, 0.2) is 0 Å². The SMILES string of the molecule is C[C@@H]1CN(c2ncc(Br)cc2Cl)C[C@H](C)O1. The molecule has 1 saturated heterocycles. The van der Waals surface area contributed by atoms with Crippen LogP contribution >= 0.6 is 27.5 Å². The number of halogens is 2. The minimum Gasteiger partial charge on any atom is -0.372 e. The van der Waals surface area contributed by atoms with Gasteiger partial charge in [-0.3, -0.25) is 0 Å². The lowest BCUT2D eigenvalue weighted by atomic mass is 10.2. The normalized spacial score (nSPS) is 25.9. The number of hydrogen-bond donors (Lipinski definition) is 0. The number of anilines is 1. The van der Waals surface area contributed by atoms with Crippen LogP contribution in [-0.2, 0) is 4.74 Å². The van der Waals surface area contributed by atoms with Crippen molar-refractivity contribution in [2.75, 3.05) is 18.0 Å². The molecule has 0 aliphatic carbocycles. The van der Waals surface area contributed by atoms with Gasteiger partial charge < -0.3 is 9.64 Å². The Morgan fingerprint density at radius 2 is 2.06 bits per heavy atom. The molecule has 3 nitrogen and oxygen atoms in total. The summed E-state index contributed by atoms with van der Waals surface area (Å²) in [6.07, 6.45) is 2.20. The molecule has 0 saturated carbocycles. The average Bonchev–Trinajstić information content (AvgIpc) is 2.15. The summed E-state index contributed by atoms with van der Waals surface area (Å²) in [7, 11) is 0. The number of ether oxygens (including phenoxy) is 1. The molecule has 0 aromatic carbocycles. The van der Waals surface area contributed by atoms with Crippen molar-refractivity contribution in [2.24, 2.45) is 0 Å². The van der Waals surface area contributed by atoms with Crippen LogP contribution in [0.2, 0.25) is 5.02 Å². The summed E-state index contributed by atoms with van der Waals surface area (Å²) in [4.78, 5) is 6.54. The van der Waals surface area contributed by atoms with Crippen LogP contribution in [0.3, 0.4) is 0 Å². The molecule has 0 bridgehead atoms. The molecule has 1 fully saturated rings. The van der Waals surface area contributed by atoms with E-state index in [1.165, 1.54) is 0 Å². The lowest BCUT2D eigenvalue weighted by Gasteiger charge is -2.36. The Hall–Kier alpha value is -0.320. The highest BCUT2D eigenvalue weighted by molar-refractivity contribution is 9.10. The first-order valence-corrected chi connectivity index (χ1v) is 6.45. The Morgan fingerprint density at radius 1 is 1.44 bits per heavy atom. The van der Waals surface area contributed by atoms with Crippen LogP contribution in [0.4, 0.5) is 5.82 Å². The molecule has 0 spiro atoms. The Balaban J connectivity index is 2.23. The maximum absolute atomic E-state index is 6.18. The van der Waals surface area contributed by atoms with Crippen LogP contribution in [0.5, 0.6) is 0 Å². The van der Waals surface area contributed by atoms with E-state index in [4.69, 9.17) is 16.3 Å². The quantitative estimate of drug-likeness (QED) is 0.797. The third kappa shape index (κ3) is 2.67. The molecular formula is C11H14BrClN2O. The molecular weight excluding hydrogens is 291 g/mol. The lowest BCUT2D eigenvalue weighted by Crippen LogP contribution is -2.45. The summed E-state index contributed by atoms with van der Waals surface area (Å²) >= 11 is 9.54. The number of aromatic nitrogens is 1. The Morgan fingerprint density at radius 3 is 2.62 bits per heavy atom. The molecule has 2 heterocycles. The molecule has 1 aromatic rings. The second-order valence-corrected chi connectivity index (χ2v) is 5.44. The highest BCUT2D eigenvalue weighted by atomic mass is 79.9. The summed E-state index contributed by atoms with van der Waals surface area (Å²) in [5, 5.41) is 0.677. The first kappa shape index (κ1) is 12.1. The Kier molecular flexibility index (Phi) is 3.72. The molecule has 1 aliphatic rings. The van der Waals surface area contributed by atoms with Gasteiger partial charge in [-0.2, -0.15) is 0 Å². The number of rotatable bonds is 1. The Bertz CT molecular complexity index is 378. The standard InChI is InChI=1S/C11H14BrClN2O/c1-7-5-15(6-8(2)16-7)11-10(13)3-9(12)4-14-11/h3-4,7-8H,5-6H2,1-2H3/t7-,8+. The first-order valence-electron chi connectivity index (χ1n) is 5.27. The third-order valence-corrected chi connectivity index (χ3v) is 3.22. The van der Waals surface area contributed by atoms with Crippen molar-refractivity contribution in [3.05, 3.63) is 21.8 Å². The van der Waals surface area contributed by atoms with Gasteiger partial charge in [0.1, 0.15) is 5.82 Å². The van der Waals surface area contributed by atoms with E-state index in [-0.39, 0.29) is 12.2 Å². The largest absolute Gasteiger partial charge is 0.372 e. The van der Waals surface area contributed by atoms with E-state index in [2.05, 4.69) is 39.7 Å². The molecule has 0 amide bonds. The molecule has 5 heteroatoms. The summed E-state index contributed by atoms with van der Waals surface area (Å²) in [5.41, 5.74) is 0. The van der Waals surface area contributed by atoms with Crippen molar-refractivity contribution in [2.45, 2.75) is 26.1 Å². The van der Waals surface area contributed by atoms with Gasteiger partial charge in [-0.05, 0) is 35.8 Å². The minimum atomic E-state index is 0.213. The summed E-state index contributed by atoms with van der Waals surface area (Å²) in [6.45, 7) is 5.79. The van der Waals surface area contributed by atoms with Crippen LogP contribution in [0.1, 0.15) is 13.8 Å². The van der Waals surface area contributed by atoms with E-state index in [1.807, 2.05) is 6.07 Å². The number of hydrogen-bond acceptors (Lipinski definition) is 3. The Labute approximate surface area is 109 Å². The van der Waals surface area contributed by atoms with Gasteiger partial charge in [0.2, 0.25) is 0 Å². The average molecular weight is 306 g/mol. The zero-order chi connectivity index (χ0) is 11.7. The van der Waals surface area contributed by atoms with Crippen LogP contribution in [-0.4, -0.2) is 30.3 Å². The van der Waals surface area contributed by atoms with E-state index in [9.17, 15) is 0 Å². The van der Waals surface area contributed by atoms with Crippen molar-refractivity contribution in [1.82, 2.24) is 4.98 Å². The fourth-order valence-corrected chi connectivity index (χ4v) is 2.74. The van der Waals surface area contributed by atoms with E-state index in [0.29, 0.717) is 5.02 Å². The second-order valence-electron chi connectivity index (χ2n) is 4.12. The number of morpholine rings is 1. The fourth-order valence-electron chi connectivity index (χ4n) is 1.99. The molecule has 0 N–H and O–H groups in total. The molecule has 16 heavy (non-hydrogen) atoms. The molecule has 2 rings (SSSR count). The van der Waals surface area contributed by atoms with Gasteiger partial charge in [-0.25, -0.2) is 4.98 Å². The maximum atomic E-state index is 6.18. The fraction of sp³-hybridized carbons (Fsp3) is 0.545. The van der Waals surface area contributed by atoms with Crippen LogP contribution in [0, 0.1) is 0 Å². The molecule has 1 aliphatic heterocycles. The van der Waals surface area contributed by atoms with Crippen molar-refractivity contribution in [3.8, 4) is 0 Å². The lowest BCUT2D eigenvalue weighted by molar-refractivity contribution is -0.00545. The molecule has 1 aromatic heterocycles. The van der Waals surface area contributed by atoms with Crippen molar-refractivity contribution in [1.29, 1.82) is 0 Å². The highest BCUT2D eigenvalue weighted by Crippen LogP contribution is 2.28. The van der Waals surface area contributed by atoms with Crippen LogP contribution in [0.25, 0.3) is 0 Å². The van der Waals surface area contributed by atoms with Crippen molar-refractivity contribution in [3.63, 3.8) is 0 Å². The molecule has 88 valence electrons. The second kappa shape index (κ2) is 4.90. The highest BCUT2D eigenvalue weighted by Gasteiger charge is 2.24. The first-order chi connectivity index (χ1) is 7.56. The smallest absolute Gasteiger partial charge is 0.147 e. The molecule has 2 atom stereocenters. The van der Waals surface area contributed by atoms with Gasteiger partial charge in [0, 0.05) is 23.8 Å². The predicted octanol–water partition coefficient (Wildman–Crippen LogP) is 3.11. The topological polar surface area (TPSA) is 25.4 Å². The molecule has 0 radical (unpaired) electrons. The maximum Gasteiger partial charge on any atom is 0.147 e.